The quantitative estimate of drug-likeness (QED) is 0.843. The van der Waals surface area contributed by atoms with Gasteiger partial charge in [0.25, 0.3) is 0 Å². The highest BCUT2D eigenvalue weighted by Gasteiger charge is 2.23. The fourth-order valence-corrected chi connectivity index (χ4v) is 1.79. The van der Waals surface area contributed by atoms with Gasteiger partial charge >= 0.3 is 5.97 Å². The van der Waals surface area contributed by atoms with Crippen LogP contribution >= 0.6 is 11.6 Å². The molecule has 0 spiro atoms. The molecule has 1 rings (SSSR count). The van der Waals surface area contributed by atoms with Crippen LogP contribution in [-0.4, -0.2) is 25.0 Å². The van der Waals surface area contributed by atoms with E-state index in [1.807, 2.05) is 6.07 Å². The van der Waals surface area contributed by atoms with Crippen LogP contribution in [0.2, 0.25) is 5.02 Å². The van der Waals surface area contributed by atoms with Crippen molar-refractivity contribution in [2.24, 2.45) is 5.92 Å². The Labute approximate surface area is 118 Å². The predicted octanol–water partition coefficient (Wildman–Crippen LogP) is 2.20. The highest BCUT2D eigenvalue weighted by atomic mass is 35.5. The van der Waals surface area contributed by atoms with Crippen LogP contribution in [0.1, 0.15) is 19.4 Å². The normalized spacial score (nSPS) is 12.1. The SMILES string of the molecule is COC(=O)[C@H](Cc1cccc(Cl)c1)NC(=O)C(C)C. The number of hydrogen-bond donors (Lipinski definition) is 1. The molecule has 0 aliphatic heterocycles. The first kappa shape index (κ1) is 15.5. The van der Waals surface area contributed by atoms with Crippen molar-refractivity contribution in [2.45, 2.75) is 26.3 Å². The smallest absolute Gasteiger partial charge is 0.328 e. The van der Waals surface area contributed by atoms with Gasteiger partial charge in [-0.3, -0.25) is 4.79 Å². The van der Waals surface area contributed by atoms with E-state index in [2.05, 4.69) is 5.32 Å². The predicted molar refractivity (Wildman–Crippen MR) is 73.9 cm³/mol. The maximum atomic E-state index is 11.7. The minimum Gasteiger partial charge on any atom is -0.467 e. The average molecular weight is 284 g/mol. The van der Waals surface area contributed by atoms with E-state index >= 15 is 0 Å². The second kappa shape index (κ2) is 7.14. The third-order valence-electron chi connectivity index (χ3n) is 2.66. The molecule has 0 fully saturated rings. The molecule has 5 heteroatoms. The fraction of sp³-hybridized carbons (Fsp3) is 0.429. The van der Waals surface area contributed by atoms with E-state index in [0.717, 1.165) is 5.56 Å². The van der Waals surface area contributed by atoms with Crippen LogP contribution in [0.5, 0.6) is 0 Å². The van der Waals surface area contributed by atoms with E-state index in [-0.39, 0.29) is 11.8 Å². The Morgan fingerprint density at radius 3 is 2.58 bits per heavy atom. The maximum Gasteiger partial charge on any atom is 0.328 e. The Bertz CT molecular complexity index is 460. The van der Waals surface area contributed by atoms with Gasteiger partial charge in [-0.15, -0.1) is 0 Å². The summed E-state index contributed by atoms with van der Waals surface area (Å²) in [7, 11) is 1.30. The van der Waals surface area contributed by atoms with Gasteiger partial charge in [-0.1, -0.05) is 37.6 Å². The third-order valence-corrected chi connectivity index (χ3v) is 2.89. The number of methoxy groups -OCH3 is 1. The minimum atomic E-state index is -0.696. The van der Waals surface area contributed by atoms with Crippen LogP contribution in [0.25, 0.3) is 0 Å². The van der Waals surface area contributed by atoms with Crippen molar-refractivity contribution in [2.75, 3.05) is 7.11 Å². The summed E-state index contributed by atoms with van der Waals surface area (Å²) in [5.41, 5.74) is 0.868. The molecule has 0 radical (unpaired) electrons. The third kappa shape index (κ3) is 4.91. The number of esters is 1. The van der Waals surface area contributed by atoms with Crippen molar-refractivity contribution in [3.63, 3.8) is 0 Å². The highest BCUT2D eigenvalue weighted by molar-refractivity contribution is 6.30. The van der Waals surface area contributed by atoms with Crippen LogP contribution in [0.4, 0.5) is 0 Å². The van der Waals surface area contributed by atoms with Crippen molar-refractivity contribution in [1.29, 1.82) is 0 Å². The summed E-state index contributed by atoms with van der Waals surface area (Å²) in [5.74, 6) is -0.835. The number of nitrogens with one attached hydrogen (secondary N) is 1. The van der Waals surface area contributed by atoms with Crippen LogP contribution in [0.15, 0.2) is 24.3 Å². The molecule has 0 bridgehead atoms. The number of rotatable bonds is 5. The molecule has 0 aliphatic carbocycles. The lowest BCUT2D eigenvalue weighted by Gasteiger charge is -2.18. The maximum absolute atomic E-state index is 11.7. The molecule has 1 N–H and O–H groups in total. The molecular weight excluding hydrogens is 266 g/mol. The zero-order valence-corrected chi connectivity index (χ0v) is 12.0. The summed E-state index contributed by atoms with van der Waals surface area (Å²) in [6.07, 6.45) is 0.353. The molecule has 0 unspecified atom stereocenters. The van der Waals surface area contributed by atoms with Crippen LogP contribution in [0, 0.1) is 5.92 Å². The molecule has 0 saturated heterocycles. The van der Waals surface area contributed by atoms with Crippen LogP contribution in [0.3, 0.4) is 0 Å². The van der Waals surface area contributed by atoms with Gasteiger partial charge in [-0.25, -0.2) is 4.79 Å². The molecule has 1 atom stereocenters. The van der Waals surface area contributed by atoms with Gasteiger partial charge in [0.15, 0.2) is 0 Å². The van der Waals surface area contributed by atoms with Crippen molar-refractivity contribution in [3.05, 3.63) is 34.9 Å². The summed E-state index contributed by atoms with van der Waals surface area (Å²) in [6, 6.07) is 6.47. The number of halogens is 1. The zero-order valence-electron chi connectivity index (χ0n) is 11.3. The van der Waals surface area contributed by atoms with Gasteiger partial charge in [0.05, 0.1) is 7.11 Å². The fourth-order valence-electron chi connectivity index (χ4n) is 1.57. The van der Waals surface area contributed by atoms with E-state index in [0.29, 0.717) is 11.4 Å². The average Bonchev–Trinajstić information content (AvgIpc) is 2.36. The number of hydrogen-bond acceptors (Lipinski definition) is 3. The first-order valence-corrected chi connectivity index (χ1v) is 6.44. The molecule has 1 amide bonds. The van der Waals surface area contributed by atoms with Crippen molar-refractivity contribution >= 4 is 23.5 Å². The first-order chi connectivity index (χ1) is 8.93. The van der Waals surface area contributed by atoms with E-state index in [1.54, 1.807) is 32.0 Å². The number of carbonyl (C=O) groups excluding carboxylic acids is 2. The number of ether oxygens (including phenoxy) is 1. The summed E-state index contributed by atoms with van der Waals surface area (Å²) in [6.45, 7) is 3.53. The summed E-state index contributed by atoms with van der Waals surface area (Å²) < 4.78 is 4.71. The van der Waals surface area contributed by atoms with Gasteiger partial charge in [-0.2, -0.15) is 0 Å². The topological polar surface area (TPSA) is 55.4 Å². The summed E-state index contributed by atoms with van der Waals surface area (Å²) >= 11 is 5.89. The second-order valence-corrected chi connectivity index (χ2v) is 5.01. The van der Waals surface area contributed by atoms with Gasteiger partial charge in [-0.05, 0) is 17.7 Å². The van der Waals surface area contributed by atoms with Crippen molar-refractivity contribution < 1.29 is 14.3 Å². The standard InChI is InChI=1S/C14H18ClNO3/c1-9(2)13(17)16-12(14(18)19-3)8-10-5-4-6-11(15)7-10/h4-7,9,12H,8H2,1-3H3,(H,16,17)/t12-/m0/s1. The second-order valence-electron chi connectivity index (χ2n) is 4.57. The molecule has 19 heavy (non-hydrogen) atoms. The van der Waals surface area contributed by atoms with E-state index in [4.69, 9.17) is 16.3 Å². The number of carbonyl (C=O) groups is 2. The molecule has 0 aliphatic rings. The molecule has 104 valence electrons. The lowest BCUT2D eigenvalue weighted by Crippen LogP contribution is -2.44. The van der Waals surface area contributed by atoms with E-state index in [1.165, 1.54) is 7.11 Å². The van der Waals surface area contributed by atoms with Gasteiger partial charge in [0, 0.05) is 17.4 Å². The van der Waals surface area contributed by atoms with Gasteiger partial charge in [0.1, 0.15) is 6.04 Å². The van der Waals surface area contributed by atoms with Crippen molar-refractivity contribution in [3.8, 4) is 0 Å². The molecular formula is C14H18ClNO3. The van der Waals surface area contributed by atoms with Crippen LogP contribution in [-0.2, 0) is 20.7 Å². The first-order valence-electron chi connectivity index (χ1n) is 6.06. The van der Waals surface area contributed by atoms with Gasteiger partial charge < -0.3 is 10.1 Å². The molecule has 0 aromatic heterocycles. The van der Waals surface area contributed by atoms with Gasteiger partial charge in [0.2, 0.25) is 5.91 Å². The minimum absolute atomic E-state index is 0.183. The Morgan fingerprint density at radius 2 is 2.05 bits per heavy atom. The van der Waals surface area contributed by atoms with E-state index in [9.17, 15) is 9.59 Å². The molecule has 1 aromatic rings. The Balaban J connectivity index is 2.80. The lowest BCUT2D eigenvalue weighted by molar-refractivity contribution is -0.145. The van der Waals surface area contributed by atoms with E-state index < -0.39 is 12.0 Å². The molecule has 0 saturated carbocycles. The summed E-state index contributed by atoms with van der Waals surface area (Å²) in [4.78, 5) is 23.4. The Kier molecular flexibility index (Phi) is 5.83. The molecule has 1 aromatic carbocycles. The molecule has 0 heterocycles. The monoisotopic (exact) mass is 283 g/mol. The molecule has 4 nitrogen and oxygen atoms in total. The highest BCUT2D eigenvalue weighted by Crippen LogP contribution is 2.13. The summed E-state index contributed by atoms with van der Waals surface area (Å²) in [5, 5.41) is 3.27. The number of benzene rings is 1. The zero-order chi connectivity index (χ0) is 14.4. The Morgan fingerprint density at radius 1 is 1.37 bits per heavy atom. The van der Waals surface area contributed by atoms with Crippen molar-refractivity contribution in [1.82, 2.24) is 5.32 Å². The Hall–Kier alpha value is -1.55. The lowest BCUT2D eigenvalue weighted by atomic mass is 10.0. The largest absolute Gasteiger partial charge is 0.467 e. The van der Waals surface area contributed by atoms with Crippen LogP contribution < -0.4 is 5.32 Å². The number of amides is 1.